The normalized spacial score (nSPS) is 12.1. The molecule has 1 unspecified atom stereocenters. The summed E-state index contributed by atoms with van der Waals surface area (Å²) >= 11 is 0. The number of alkyl carbamates (subject to hydrolysis) is 1. The summed E-state index contributed by atoms with van der Waals surface area (Å²) in [4.78, 5) is 23.8. The SMILES string of the molecule is CC(C)OC(=O)NC(C)C(=O)N(C)C. The van der Waals surface area contributed by atoms with Gasteiger partial charge in [-0.2, -0.15) is 0 Å². The minimum Gasteiger partial charge on any atom is -0.447 e. The number of ether oxygens (including phenoxy) is 1. The van der Waals surface area contributed by atoms with Crippen LogP contribution >= 0.6 is 0 Å². The van der Waals surface area contributed by atoms with Crippen molar-refractivity contribution in [2.45, 2.75) is 32.9 Å². The maximum Gasteiger partial charge on any atom is 0.408 e. The Morgan fingerprint density at radius 2 is 1.71 bits per heavy atom. The van der Waals surface area contributed by atoms with Crippen LogP contribution in [0.2, 0.25) is 0 Å². The summed E-state index contributed by atoms with van der Waals surface area (Å²) in [7, 11) is 3.27. The van der Waals surface area contributed by atoms with Crippen molar-refractivity contribution in [3.8, 4) is 0 Å². The van der Waals surface area contributed by atoms with Gasteiger partial charge in [-0.05, 0) is 20.8 Å². The topological polar surface area (TPSA) is 58.6 Å². The van der Waals surface area contributed by atoms with Gasteiger partial charge in [0, 0.05) is 14.1 Å². The molecule has 0 radical (unpaired) electrons. The van der Waals surface area contributed by atoms with Gasteiger partial charge >= 0.3 is 6.09 Å². The summed E-state index contributed by atoms with van der Waals surface area (Å²) in [5.74, 6) is -0.161. The van der Waals surface area contributed by atoms with Gasteiger partial charge in [0.25, 0.3) is 0 Å². The first-order valence-corrected chi connectivity index (χ1v) is 4.53. The van der Waals surface area contributed by atoms with Crippen LogP contribution in [0.5, 0.6) is 0 Å². The zero-order valence-corrected chi connectivity index (χ0v) is 9.33. The van der Waals surface area contributed by atoms with Crippen LogP contribution in [0.25, 0.3) is 0 Å². The Bertz CT molecular complexity index is 214. The molecule has 5 nitrogen and oxygen atoms in total. The number of hydrogen-bond acceptors (Lipinski definition) is 3. The van der Waals surface area contributed by atoms with E-state index >= 15 is 0 Å². The minimum atomic E-state index is -0.567. The van der Waals surface area contributed by atoms with Gasteiger partial charge in [0.1, 0.15) is 6.04 Å². The molecule has 0 saturated carbocycles. The second kappa shape index (κ2) is 5.47. The van der Waals surface area contributed by atoms with Crippen LogP contribution < -0.4 is 5.32 Å². The molecule has 1 atom stereocenters. The fourth-order valence-corrected chi connectivity index (χ4v) is 0.874. The molecule has 0 aliphatic carbocycles. The zero-order valence-electron chi connectivity index (χ0n) is 9.33. The lowest BCUT2D eigenvalue weighted by atomic mass is 10.3. The van der Waals surface area contributed by atoms with E-state index in [0.717, 1.165) is 0 Å². The molecule has 0 spiro atoms. The number of rotatable bonds is 3. The first kappa shape index (κ1) is 12.7. The van der Waals surface area contributed by atoms with Gasteiger partial charge in [-0.25, -0.2) is 4.79 Å². The van der Waals surface area contributed by atoms with Gasteiger partial charge in [0.15, 0.2) is 0 Å². The fourth-order valence-electron chi connectivity index (χ4n) is 0.874. The number of likely N-dealkylation sites (N-methyl/N-ethyl adjacent to an activating group) is 1. The van der Waals surface area contributed by atoms with E-state index in [9.17, 15) is 9.59 Å². The van der Waals surface area contributed by atoms with E-state index in [1.165, 1.54) is 4.90 Å². The lowest BCUT2D eigenvalue weighted by Gasteiger charge is -2.18. The molecule has 2 amide bonds. The van der Waals surface area contributed by atoms with Crippen molar-refractivity contribution < 1.29 is 14.3 Å². The molecule has 0 aliphatic rings. The van der Waals surface area contributed by atoms with Crippen molar-refractivity contribution >= 4 is 12.0 Å². The lowest BCUT2D eigenvalue weighted by Crippen LogP contribution is -2.44. The standard InChI is InChI=1S/C9H18N2O3/c1-6(2)14-9(13)10-7(3)8(12)11(4)5/h6-7H,1-5H3,(H,10,13). The average molecular weight is 202 g/mol. The number of carbonyl (C=O) groups is 2. The van der Waals surface area contributed by atoms with Gasteiger partial charge in [0.05, 0.1) is 6.10 Å². The van der Waals surface area contributed by atoms with E-state index in [2.05, 4.69) is 5.32 Å². The summed E-state index contributed by atoms with van der Waals surface area (Å²) in [6.45, 7) is 5.11. The number of amides is 2. The van der Waals surface area contributed by atoms with E-state index in [-0.39, 0.29) is 12.0 Å². The molecule has 14 heavy (non-hydrogen) atoms. The average Bonchev–Trinajstić information content (AvgIpc) is 2.00. The summed E-state index contributed by atoms with van der Waals surface area (Å²) in [6.07, 6.45) is -0.751. The van der Waals surface area contributed by atoms with Crippen LogP contribution in [0.1, 0.15) is 20.8 Å². The highest BCUT2D eigenvalue weighted by atomic mass is 16.6. The Hall–Kier alpha value is -1.26. The molecule has 0 bridgehead atoms. The van der Waals surface area contributed by atoms with Crippen molar-refractivity contribution in [1.82, 2.24) is 10.2 Å². The quantitative estimate of drug-likeness (QED) is 0.729. The van der Waals surface area contributed by atoms with Crippen molar-refractivity contribution in [2.75, 3.05) is 14.1 Å². The van der Waals surface area contributed by atoms with E-state index in [1.807, 2.05) is 0 Å². The Morgan fingerprint density at radius 1 is 1.21 bits per heavy atom. The Morgan fingerprint density at radius 3 is 2.07 bits per heavy atom. The summed E-state index contributed by atoms with van der Waals surface area (Å²) < 4.78 is 4.83. The summed E-state index contributed by atoms with van der Waals surface area (Å²) in [6, 6.07) is -0.559. The predicted octanol–water partition coefficient (Wildman–Crippen LogP) is 0.598. The van der Waals surface area contributed by atoms with Crippen molar-refractivity contribution in [3.63, 3.8) is 0 Å². The van der Waals surface area contributed by atoms with Gasteiger partial charge in [-0.15, -0.1) is 0 Å². The smallest absolute Gasteiger partial charge is 0.408 e. The van der Waals surface area contributed by atoms with Gasteiger partial charge in [-0.1, -0.05) is 0 Å². The molecular weight excluding hydrogens is 184 g/mol. The maximum atomic E-state index is 11.3. The minimum absolute atomic E-state index is 0.161. The van der Waals surface area contributed by atoms with Crippen LogP contribution in [0.4, 0.5) is 4.79 Å². The largest absolute Gasteiger partial charge is 0.447 e. The maximum absolute atomic E-state index is 11.3. The van der Waals surface area contributed by atoms with Gasteiger partial charge in [0.2, 0.25) is 5.91 Å². The lowest BCUT2D eigenvalue weighted by molar-refractivity contribution is -0.130. The Balaban J connectivity index is 4.00. The number of nitrogens with one attached hydrogen (secondary N) is 1. The van der Waals surface area contributed by atoms with E-state index in [0.29, 0.717) is 0 Å². The molecule has 0 aromatic rings. The molecule has 1 N–H and O–H groups in total. The fraction of sp³-hybridized carbons (Fsp3) is 0.778. The van der Waals surface area contributed by atoms with E-state index < -0.39 is 12.1 Å². The summed E-state index contributed by atoms with van der Waals surface area (Å²) in [5, 5.41) is 2.44. The Labute approximate surface area is 84.4 Å². The molecule has 0 saturated heterocycles. The Kier molecular flexibility index (Phi) is 4.97. The van der Waals surface area contributed by atoms with Crippen LogP contribution in [-0.2, 0) is 9.53 Å². The molecular formula is C9H18N2O3. The molecule has 0 heterocycles. The molecule has 0 rings (SSSR count). The molecule has 0 aromatic heterocycles. The van der Waals surface area contributed by atoms with Gasteiger partial charge < -0.3 is 15.0 Å². The first-order valence-electron chi connectivity index (χ1n) is 4.53. The third-order valence-electron chi connectivity index (χ3n) is 1.49. The van der Waals surface area contributed by atoms with Crippen LogP contribution in [0.3, 0.4) is 0 Å². The number of hydrogen-bond donors (Lipinski definition) is 1. The number of carbonyl (C=O) groups excluding carboxylic acids is 2. The van der Waals surface area contributed by atoms with Crippen LogP contribution in [0, 0.1) is 0 Å². The molecule has 0 fully saturated rings. The highest BCUT2D eigenvalue weighted by Gasteiger charge is 2.17. The molecule has 82 valence electrons. The van der Waals surface area contributed by atoms with E-state index in [1.54, 1.807) is 34.9 Å². The molecule has 0 aliphatic heterocycles. The predicted molar refractivity (Wildman–Crippen MR) is 52.9 cm³/mol. The third kappa shape index (κ3) is 4.69. The first-order chi connectivity index (χ1) is 6.34. The second-order valence-corrected chi connectivity index (χ2v) is 3.55. The van der Waals surface area contributed by atoms with Crippen molar-refractivity contribution in [1.29, 1.82) is 0 Å². The monoisotopic (exact) mass is 202 g/mol. The van der Waals surface area contributed by atoms with Gasteiger partial charge in [-0.3, -0.25) is 4.79 Å². The van der Waals surface area contributed by atoms with Crippen molar-refractivity contribution in [3.05, 3.63) is 0 Å². The highest BCUT2D eigenvalue weighted by molar-refractivity contribution is 5.84. The van der Waals surface area contributed by atoms with E-state index in [4.69, 9.17) is 4.74 Å². The number of nitrogens with zero attached hydrogens (tertiary/aromatic N) is 1. The highest BCUT2D eigenvalue weighted by Crippen LogP contribution is 1.93. The zero-order chi connectivity index (χ0) is 11.3. The van der Waals surface area contributed by atoms with Crippen LogP contribution in [-0.4, -0.2) is 43.1 Å². The molecule has 5 heteroatoms. The second-order valence-electron chi connectivity index (χ2n) is 3.55. The van der Waals surface area contributed by atoms with Crippen molar-refractivity contribution in [2.24, 2.45) is 0 Å². The molecule has 0 aromatic carbocycles. The van der Waals surface area contributed by atoms with Crippen LogP contribution in [0.15, 0.2) is 0 Å². The third-order valence-corrected chi connectivity index (χ3v) is 1.49. The summed E-state index contributed by atoms with van der Waals surface area (Å²) in [5.41, 5.74) is 0.